The van der Waals surface area contributed by atoms with Crippen LogP contribution in [0.4, 0.5) is 11.4 Å². The first kappa shape index (κ1) is 22.2. The molecule has 0 unspecified atom stereocenters. The van der Waals surface area contributed by atoms with Crippen molar-refractivity contribution < 1.29 is 14.4 Å². The first-order valence-corrected chi connectivity index (χ1v) is 12.6. The van der Waals surface area contributed by atoms with Crippen molar-refractivity contribution in [1.82, 2.24) is 15.1 Å². The van der Waals surface area contributed by atoms with Gasteiger partial charge in [0.25, 0.3) is 5.91 Å². The maximum Gasteiger partial charge on any atom is 0.253 e. The fourth-order valence-electron chi connectivity index (χ4n) is 4.94. The summed E-state index contributed by atoms with van der Waals surface area (Å²) >= 11 is 0. The minimum Gasteiger partial charge on any atom is -0.366 e. The summed E-state index contributed by atoms with van der Waals surface area (Å²) in [4.78, 5) is 44.5. The van der Waals surface area contributed by atoms with E-state index in [9.17, 15) is 14.4 Å². The van der Waals surface area contributed by atoms with Crippen LogP contribution in [-0.4, -0.2) is 79.9 Å². The lowest BCUT2D eigenvalue weighted by atomic mass is 9.84. The first-order chi connectivity index (χ1) is 16.1. The fraction of sp³-hybridized carbons (Fsp3) is 0.640. The molecule has 0 radical (unpaired) electrons. The summed E-state index contributed by atoms with van der Waals surface area (Å²) in [5.74, 6) is 0.674. The SMILES string of the molecule is O=C(Nc1cc(C(=O)N2CCCNCC2)ccc1N1CCN(C(=O)C2CCC2)CC1)C1CC1. The maximum absolute atomic E-state index is 13.2. The number of rotatable bonds is 5. The van der Waals surface area contributed by atoms with Gasteiger partial charge < -0.3 is 25.3 Å². The Balaban J connectivity index is 1.32. The lowest BCUT2D eigenvalue weighted by Gasteiger charge is -2.39. The number of amides is 3. The van der Waals surface area contributed by atoms with Crippen molar-refractivity contribution in [3.8, 4) is 0 Å². The number of benzene rings is 1. The number of hydrogen-bond donors (Lipinski definition) is 2. The molecule has 3 amide bonds. The standard InChI is InChI=1S/C25H35N5O3/c31-23(18-5-6-18)27-21-17-20(25(33)29-11-2-9-26-10-12-29)7-8-22(21)28-13-15-30(16-14-28)24(32)19-3-1-4-19/h7-8,17-19,26H,1-6,9-16H2,(H,27,31). The van der Waals surface area contributed by atoms with Crippen LogP contribution >= 0.6 is 0 Å². The highest BCUT2D eigenvalue weighted by Crippen LogP contribution is 2.34. The van der Waals surface area contributed by atoms with Crippen molar-refractivity contribution in [2.45, 2.75) is 38.5 Å². The van der Waals surface area contributed by atoms with Crippen LogP contribution in [0.5, 0.6) is 0 Å². The number of hydrogen-bond acceptors (Lipinski definition) is 5. The summed E-state index contributed by atoms with van der Waals surface area (Å²) in [6.07, 6.45) is 6.03. The zero-order chi connectivity index (χ0) is 22.8. The van der Waals surface area contributed by atoms with Crippen molar-refractivity contribution in [1.29, 1.82) is 0 Å². The zero-order valence-electron chi connectivity index (χ0n) is 19.4. The normalized spacial score (nSPS) is 21.9. The second-order valence-electron chi connectivity index (χ2n) is 9.83. The quantitative estimate of drug-likeness (QED) is 0.712. The van der Waals surface area contributed by atoms with Crippen LogP contribution in [0, 0.1) is 11.8 Å². The molecular formula is C25H35N5O3. The summed E-state index contributed by atoms with van der Waals surface area (Å²) in [7, 11) is 0. The Labute approximate surface area is 195 Å². The van der Waals surface area contributed by atoms with Gasteiger partial charge in [0.2, 0.25) is 11.8 Å². The second kappa shape index (κ2) is 9.71. The Hall–Kier alpha value is -2.61. The van der Waals surface area contributed by atoms with Crippen molar-refractivity contribution in [3.63, 3.8) is 0 Å². The van der Waals surface area contributed by atoms with E-state index in [0.717, 1.165) is 70.5 Å². The summed E-state index contributed by atoms with van der Waals surface area (Å²) < 4.78 is 0. The summed E-state index contributed by atoms with van der Waals surface area (Å²) in [5, 5.41) is 6.44. The molecule has 8 heteroatoms. The molecule has 4 aliphatic rings. The highest BCUT2D eigenvalue weighted by Gasteiger charge is 2.33. The van der Waals surface area contributed by atoms with E-state index in [-0.39, 0.29) is 23.7 Å². The summed E-state index contributed by atoms with van der Waals surface area (Å²) in [6, 6.07) is 5.70. The van der Waals surface area contributed by atoms with E-state index in [2.05, 4.69) is 15.5 Å². The van der Waals surface area contributed by atoms with Gasteiger partial charge >= 0.3 is 0 Å². The highest BCUT2D eigenvalue weighted by atomic mass is 16.2. The summed E-state index contributed by atoms with van der Waals surface area (Å²) in [6.45, 7) is 6.04. The van der Waals surface area contributed by atoms with Crippen molar-refractivity contribution in [2.24, 2.45) is 11.8 Å². The molecule has 8 nitrogen and oxygen atoms in total. The van der Waals surface area contributed by atoms with Crippen molar-refractivity contribution in [2.75, 3.05) is 62.6 Å². The van der Waals surface area contributed by atoms with Gasteiger partial charge in [-0.25, -0.2) is 0 Å². The molecule has 33 heavy (non-hydrogen) atoms. The molecule has 0 aromatic heterocycles. The number of carbonyl (C=O) groups excluding carboxylic acids is 3. The van der Waals surface area contributed by atoms with Crippen LogP contribution in [0.25, 0.3) is 0 Å². The number of nitrogens with zero attached hydrogens (tertiary/aromatic N) is 3. The Morgan fingerprint density at radius 3 is 2.30 bits per heavy atom. The predicted octanol–water partition coefficient (Wildman–Crippen LogP) is 1.92. The highest BCUT2D eigenvalue weighted by molar-refractivity contribution is 6.01. The second-order valence-corrected chi connectivity index (χ2v) is 9.83. The molecule has 1 aromatic rings. The van der Waals surface area contributed by atoms with Gasteiger partial charge in [-0.3, -0.25) is 14.4 Å². The molecule has 2 aliphatic heterocycles. The predicted molar refractivity (Wildman–Crippen MR) is 127 cm³/mol. The third-order valence-corrected chi connectivity index (χ3v) is 7.46. The topological polar surface area (TPSA) is 85.0 Å². The van der Waals surface area contributed by atoms with Gasteiger partial charge in [0.1, 0.15) is 0 Å². The van der Waals surface area contributed by atoms with E-state index >= 15 is 0 Å². The lowest BCUT2D eigenvalue weighted by Crippen LogP contribution is -2.51. The van der Waals surface area contributed by atoms with Gasteiger partial charge in [-0.2, -0.15) is 0 Å². The van der Waals surface area contributed by atoms with Crippen LogP contribution in [0.15, 0.2) is 18.2 Å². The molecule has 0 atom stereocenters. The molecule has 2 saturated carbocycles. The molecule has 2 heterocycles. The van der Waals surface area contributed by atoms with Crippen molar-refractivity contribution in [3.05, 3.63) is 23.8 Å². The molecule has 1 aromatic carbocycles. The monoisotopic (exact) mass is 453 g/mol. The molecule has 5 rings (SSSR count). The van der Waals surface area contributed by atoms with Gasteiger partial charge in [0.05, 0.1) is 11.4 Å². The van der Waals surface area contributed by atoms with Gasteiger partial charge in [-0.05, 0) is 56.8 Å². The zero-order valence-corrected chi connectivity index (χ0v) is 19.4. The average molecular weight is 454 g/mol. The Kier molecular flexibility index (Phi) is 6.53. The molecule has 0 spiro atoms. The van der Waals surface area contributed by atoms with Crippen LogP contribution < -0.4 is 15.5 Å². The van der Waals surface area contributed by atoms with Crippen LogP contribution in [0.3, 0.4) is 0 Å². The van der Waals surface area contributed by atoms with Gasteiger partial charge in [-0.15, -0.1) is 0 Å². The van der Waals surface area contributed by atoms with E-state index in [1.807, 2.05) is 28.0 Å². The van der Waals surface area contributed by atoms with Gasteiger partial charge in [-0.1, -0.05) is 6.42 Å². The minimum atomic E-state index is 0.0167. The Morgan fingerprint density at radius 1 is 0.818 bits per heavy atom. The van der Waals surface area contributed by atoms with Crippen LogP contribution in [0.1, 0.15) is 48.9 Å². The van der Waals surface area contributed by atoms with E-state index in [0.29, 0.717) is 36.8 Å². The van der Waals surface area contributed by atoms with Crippen LogP contribution in [-0.2, 0) is 9.59 Å². The van der Waals surface area contributed by atoms with Crippen LogP contribution in [0.2, 0.25) is 0 Å². The third-order valence-electron chi connectivity index (χ3n) is 7.46. The number of nitrogens with one attached hydrogen (secondary N) is 2. The largest absolute Gasteiger partial charge is 0.366 e. The molecule has 2 saturated heterocycles. The first-order valence-electron chi connectivity index (χ1n) is 12.6. The third kappa shape index (κ3) is 5.00. The van der Waals surface area contributed by atoms with Gasteiger partial charge in [0.15, 0.2) is 0 Å². The maximum atomic E-state index is 13.2. The molecule has 2 N–H and O–H groups in total. The molecule has 2 aliphatic carbocycles. The number of anilines is 2. The summed E-state index contributed by atoms with van der Waals surface area (Å²) in [5.41, 5.74) is 2.27. The molecular weight excluding hydrogens is 418 g/mol. The average Bonchev–Trinajstić information content (AvgIpc) is 3.65. The molecule has 0 bridgehead atoms. The van der Waals surface area contributed by atoms with Gasteiger partial charge in [0, 0.05) is 63.2 Å². The Morgan fingerprint density at radius 2 is 1.61 bits per heavy atom. The number of piperazine rings is 1. The minimum absolute atomic E-state index is 0.0167. The number of carbonyl (C=O) groups is 3. The Bertz CT molecular complexity index is 895. The van der Waals surface area contributed by atoms with E-state index < -0.39 is 0 Å². The van der Waals surface area contributed by atoms with Crippen molar-refractivity contribution >= 4 is 29.1 Å². The smallest absolute Gasteiger partial charge is 0.253 e. The molecule has 178 valence electrons. The molecule has 4 fully saturated rings. The fourth-order valence-corrected chi connectivity index (χ4v) is 4.94. The van der Waals surface area contributed by atoms with E-state index in [1.165, 1.54) is 6.42 Å². The van der Waals surface area contributed by atoms with E-state index in [4.69, 9.17) is 0 Å². The van der Waals surface area contributed by atoms with E-state index in [1.54, 1.807) is 0 Å². The lowest BCUT2D eigenvalue weighted by molar-refractivity contribution is -0.138.